The van der Waals surface area contributed by atoms with Crippen molar-refractivity contribution < 1.29 is 0 Å². The van der Waals surface area contributed by atoms with Gasteiger partial charge in [0.05, 0.1) is 0 Å². The van der Waals surface area contributed by atoms with Gasteiger partial charge in [-0.05, 0) is 43.9 Å². The van der Waals surface area contributed by atoms with Crippen LogP contribution in [-0.2, 0) is 12.8 Å². The minimum Gasteiger partial charge on any atom is -0.330 e. The fourth-order valence-corrected chi connectivity index (χ4v) is 2.64. The lowest BCUT2D eigenvalue weighted by molar-refractivity contribution is 0.726. The van der Waals surface area contributed by atoms with Crippen LogP contribution in [0.15, 0.2) is 30.3 Å². The number of rotatable bonds is 5. The fraction of sp³-hybridized carbons (Fsp3) is 0.412. The van der Waals surface area contributed by atoms with E-state index in [0.717, 1.165) is 30.1 Å². The third-order valence-corrected chi connectivity index (χ3v) is 3.70. The minimum absolute atomic E-state index is 0.318. The van der Waals surface area contributed by atoms with E-state index in [1.807, 2.05) is 6.07 Å². The molecule has 0 aliphatic rings. The summed E-state index contributed by atoms with van der Waals surface area (Å²) in [6.45, 7) is 6.88. The Morgan fingerprint density at radius 2 is 1.60 bits per heavy atom. The largest absolute Gasteiger partial charge is 0.330 e. The van der Waals surface area contributed by atoms with E-state index in [4.69, 9.17) is 5.73 Å². The lowest BCUT2D eigenvalue weighted by atomic mass is 9.98. The van der Waals surface area contributed by atoms with Crippen LogP contribution in [0.2, 0.25) is 0 Å². The molecule has 1 unspecified atom stereocenters. The van der Waals surface area contributed by atoms with Gasteiger partial charge in [0, 0.05) is 17.8 Å². The molecule has 0 spiro atoms. The standard InChI is InChI=1S/C17H23N3/c1-12(11-18)17-13(2)19-16(20-14(17)3)10-9-15-7-5-4-6-8-15/h4-8,12H,9-11,18H2,1-3H3. The molecule has 0 aliphatic carbocycles. The highest BCUT2D eigenvalue weighted by atomic mass is 14.9. The fourth-order valence-electron chi connectivity index (χ4n) is 2.64. The molecular weight excluding hydrogens is 246 g/mol. The zero-order chi connectivity index (χ0) is 14.5. The van der Waals surface area contributed by atoms with Crippen LogP contribution >= 0.6 is 0 Å². The van der Waals surface area contributed by atoms with E-state index >= 15 is 0 Å². The number of nitrogens with two attached hydrogens (primary N) is 1. The molecule has 0 fully saturated rings. The Labute approximate surface area is 121 Å². The molecular formula is C17H23N3. The average Bonchev–Trinajstić information content (AvgIpc) is 2.45. The van der Waals surface area contributed by atoms with Gasteiger partial charge >= 0.3 is 0 Å². The van der Waals surface area contributed by atoms with Gasteiger partial charge in [-0.15, -0.1) is 0 Å². The van der Waals surface area contributed by atoms with Gasteiger partial charge in [0.1, 0.15) is 5.82 Å². The van der Waals surface area contributed by atoms with Crippen LogP contribution in [-0.4, -0.2) is 16.5 Å². The molecule has 1 aromatic carbocycles. The first-order valence-corrected chi connectivity index (χ1v) is 7.19. The molecule has 0 radical (unpaired) electrons. The van der Waals surface area contributed by atoms with Crippen LogP contribution < -0.4 is 5.73 Å². The van der Waals surface area contributed by atoms with Crippen LogP contribution in [0.25, 0.3) is 0 Å². The monoisotopic (exact) mass is 269 g/mol. The average molecular weight is 269 g/mol. The molecule has 2 aromatic rings. The first-order chi connectivity index (χ1) is 9.61. The number of hydrogen-bond acceptors (Lipinski definition) is 3. The molecule has 1 atom stereocenters. The molecule has 0 aliphatic heterocycles. The zero-order valence-electron chi connectivity index (χ0n) is 12.6. The Kier molecular flexibility index (Phi) is 4.85. The van der Waals surface area contributed by atoms with Crippen molar-refractivity contribution in [1.29, 1.82) is 0 Å². The Bertz CT molecular complexity index is 541. The highest BCUT2D eigenvalue weighted by molar-refractivity contribution is 5.28. The Morgan fingerprint density at radius 1 is 1.00 bits per heavy atom. The number of nitrogens with zero attached hydrogens (tertiary/aromatic N) is 2. The minimum atomic E-state index is 0.318. The summed E-state index contributed by atoms with van der Waals surface area (Å²) in [6.07, 6.45) is 1.86. The van der Waals surface area contributed by atoms with E-state index in [-0.39, 0.29) is 0 Å². The molecule has 0 saturated carbocycles. The molecule has 2 N–H and O–H groups in total. The number of aryl methyl sites for hydroxylation is 4. The number of benzene rings is 1. The van der Waals surface area contributed by atoms with E-state index in [9.17, 15) is 0 Å². The Balaban J connectivity index is 2.14. The summed E-state index contributed by atoms with van der Waals surface area (Å²) < 4.78 is 0. The molecule has 0 bridgehead atoms. The second-order valence-corrected chi connectivity index (χ2v) is 5.35. The molecule has 20 heavy (non-hydrogen) atoms. The van der Waals surface area contributed by atoms with Gasteiger partial charge in [-0.2, -0.15) is 0 Å². The maximum Gasteiger partial charge on any atom is 0.129 e. The number of aromatic nitrogens is 2. The first-order valence-electron chi connectivity index (χ1n) is 7.19. The summed E-state index contributed by atoms with van der Waals surface area (Å²) in [4.78, 5) is 9.30. The summed E-state index contributed by atoms with van der Waals surface area (Å²) in [5.41, 5.74) is 10.4. The van der Waals surface area contributed by atoms with Crippen molar-refractivity contribution >= 4 is 0 Å². The van der Waals surface area contributed by atoms with Crippen molar-refractivity contribution in [2.45, 2.75) is 39.5 Å². The zero-order valence-corrected chi connectivity index (χ0v) is 12.6. The quantitative estimate of drug-likeness (QED) is 0.908. The highest BCUT2D eigenvalue weighted by Crippen LogP contribution is 2.20. The van der Waals surface area contributed by atoms with Crippen LogP contribution in [0.5, 0.6) is 0 Å². The van der Waals surface area contributed by atoms with Gasteiger partial charge < -0.3 is 5.73 Å². The SMILES string of the molecule is Cc1nc(CCc2ccccc2)nc(C)c1C(C)CN. The van der Waals surface area contributed by atoms with E-state index in [0.29, 0.717) is 12.5 Å². The predicted octanol–water partition coefficient (Wildman–Crippen LogP) is 2.94. The van der Waals surface area contributed by atoms with Gasteiger partial charge in [0.25, 0.3) is 0 Å². The van der Waals surface area contributed by atoms with Gasteiger partial charge in [-0.25, -0.2) is 9.97 Å². The van der Waals surface area contributed by atoms with Crippen molar-refractivity contribution in [2.24, 2.45) is 5.73 Å². The van der Waals surface area contributed by atoms with Crippen LogP contribution in [0, 0.1) is 13.8 Å². The molecule has 3 heteroatoms. The maximum atomic E-state index is 5.76. The second-order valence-electron chi connectivity index (χ2n) is 5.35. The molecule has 2 rings (SSSR count). The Morgan fingerprint density at radius 3 is 2.15 bits per heavy atom. The topological polar surface area (TPSA) is 51.8 Å². The maximum absolute atomic E-state index is 5.76. The summed E-state index contributed by atoms with van der Waals surface area (Å²) in [5.74, 6) is 1.25. The van der Waals surface area contributed by atoms with Crippen molar-refractivity contribution in [3.63, 3.8) is 0 Å². The smallest absolute Gasteiger partial charge is 0.129 e. The van der Waals surface area contributed by atoms with Gasteiger partial charge in [-0.3, -0.25) is 0 Å². The molecule has 0 amide bonds. The third-order valence-electron chi connectivity index (χ3n) is 3.70. The lowest BCUT2D eigenvalue weighted by Gasteiger charge is -2.15. The molecule has 0 saturated heterocycles. The van der Waals surface area contributed by atoms with Crippen molar-refractivity contribution in [3.8, 4) is 0 Å². The van der Waals surface area contributed by atoms with Gasteiger partial charge in [0.15, 0.2) is 0 Å². The number of hydrogen-bond donors (Lipinski definition) is 1. The van der Waals surface area contributed by atoms with Gasteiger partial charge in [-0.1, -0.05) is 37.3 Å². The summed E-state index contributed by atoms with van der Waals surface area (Å²) in [5, 5.41) is 0. The van der Waals surface area contributed by atoms with Crippen molar-refractivity contribution in [2.75, 3.05) is 6.54 Å². The molecule has 3 nitrogen and oxygen atoms in total. The van der Waals surface area contributed by atoms with E-state index in [2.05, 4.69) is 55.0 Å². The summed E-state index contributed by atoms with van der Waals surface area (Å²) >= 11 is 0. The van der Waals surface area contributed by atoms with E-state index in [1.54, 1.807) is 0 Å². The Hall–Kier alpha value is -1.74. The molecule has 106 valence electrons. The van der Waals surface area contributed by atoms with Crippen LogP contribution in [0.4, 0.5) is 0 Å². The van der Waals surface area contributed by atoms with Gasteiger partial charge in [0.2, 0.25) is 0 Å². The second kappa shape index (κ2) is 6.62. The predicted molar refractivity (Wildman–Crippen MR) is 82.8 cm³/mol. The van der Waals surface area contributed by atoms with E-state index in [1.165, 1.54) is 11.1 Å². The summed E-state index contributed by atoms with van der Waals surface area (Å²) in [6, 6.07) is 10.5. The van der Waals surface area contributed by atoms with Crippen LogP contribution in [0.3, 0.4) is 0 Å². The third kappa shape index (κ3) is 3.42. The van der Waals surface area contributed by atoms with Crippen molar-refractivity contribution in [1.82, 2.24) is 9.97 Å². The summed E-state index contributed by atoms with van der Waals surface area (Å²) in [7, 11) is 0. The lowest BCUT2D eigenvalue weighted by Crippen LogP contribution is -2.15. The van der Waals surface area contributed by atoms with E-state index < -0.39 is 0 Å². The van der Waals surface area contributed by atoms with Crippen molar-refractivity contribution in [3.05, 3.63) is 58.7 Å². The highest BCUT2D eigenvalue weighted by Gasteiger charge is 2.13. The molecule has 1 aromatic heterocycles. The molecule has 1 heterocycles. The first kappa shape index (κ1) is 14.7. The normalized spacial score (nSPS) is 12.4. The van der Waals surface area contributed by atoms with Crippen LogP contribution in [0.1, 0.15) is 41.2 Å².